The highest BCUT2D eigenvalue weighted by molar-refractivity contribution is 5.94. The van der Waals surface area contributed by atoms with Gasteiger partial charge in [-0.25, -0.2) is 18.6 Å². The number of pyridine rings is 1. The van der Waals surface area contributed by atoms with Gasteiger partial charge in [0, 0.05) is 30.4 Å². The third kappa shape index (κ3) is 3.86. The van der Waals surface area contributed by atoms with Crippen LogP contribution < -0.4 is 10.3 Å². The van der Waals surface area contributed by atoms with Crippen LogP contribution in [0.5, 0.6) is 0 Å². The number of nitrogens with zero attached hydrogens (tertiary/aromatic N) is 3. The number of benzene rings is 2. The molecule has 1 N–H and O–H groups in total. The fourth-order valence-corrected chi connectivity index (χ4v) is 4.20. The van der Waals surface area contributed by atoms with Crippen LogP contribution in [0.4, 0.5) is 14.5 Å². The lowest BCUT2D eigenvalue weighted by Crippen LogP contribution is -2.23. The van der Waals surface area contributed by atoms with Gasteiger partial charge in [-0.15, -0.1) is 0 Å². The number of carboxylic acids is 1. The number of anilines is 1. The molecule has 0 bridgehead atoms. The average molecular weight is 451 g/mol. The van der Waals surface area contributed by atoms with Crippen molar-refractivity contribution < 1.29 is 23.4 Å². The molecule has 0 amide bonds. The molecule has 0 radical (unpaired) electrons. The summed E-state index contributed by atoms with van der Waals surface area (Å²) in [5, 5.41) is 9.41. The first-order valence-corrected chi connectivity index (χ1v) is 10.4. The molecule has 2 aliphatic heterocycles. The van der Waals surface area contributed by atoms with Crippen molar-refractivity contribution in [3.8, 4) is 5.69 Å². The summed E-state index contributed by atoms with van der Waals surface area (Å²) in [5.74, 6) is -1.95. The minimum absolute atomic E-state index is 0.0634. The molecule has 3 aromatic rings. The van der Waals surface area contributed by atoms with Crippen molar-refractivity contribution in [2.45, 2.75) is 12.5 Å². The molecule has 33 heavy (non-hydrogen) atoms. The number of carboxylic acid groups (broad SMARTS) is 1. The summed E-state index contributed by atoms with van der Waals surface area (Å²) in [6.45, 7) is 1.52. The molecule has 3 heterocycles. The molecule has 1 unspecified atom stereocenters. The summed E-state index contributed by atoms with van der Waals surface area (Å²) in [7, 11) is 0. The van der Waals surface area contributed by atoms with E-state index in [4.69, 9.17) is 4.74 Å². The monoisotopic (exact) mass is 451 g/mol. The van der Waals surface area contributed by atoms with Crippen molar-refractivity contribution in [2.24, 2.45) is 4.99 Å². The number of hydrogen-bond acceptors (Lipinski definition) is 5. The number of halogens is 2. The molecule has 1 aromatic heterocycles. The largest absolute Gasteiger partial charge is 0.477 e. The highest BCUT2D eigenvalue weighted by atomic mass is 19.1. The van der Waals surface area contributed by atoms with E-state index in [1.165, 1.54) is 41.1 Å². The number of aromatic carboxylic acids is 1. The van der Waals surface area contributed by atoms with Crippen molar-refractivity contribution in [3.63, 3.8) is 0 Å². The Morgan fingerprint density at radius 2 is 1.97 bits per heavy atom. The van der Waals surface area contributed by atoms with Crippen LogP contribution in [0, 0.1) is 11.6 Å². The molecule has 168 valence electrons. The summed E-state index contributed by atoms with van der Waals surface area (Å²) in [6.07, 6.45) is 5.57. The number of fused-ring (bicyclic) bond motifs is 1. The molecule has 2 aliphatic rings. The van der Waals surface area contributed by atoms with Crippen LogP contribution in [0.25, 0.3) is 16.6 Å². The van der Waals surface area contributed by atoms with E-state index >= 15 is 4.39 Å². The van der Waals surface area contributed by atoms with Crippen LogP contribution in [-0.4, -0.2) is 47.3 Å². The van der Waals surface area contributed by atoms with Gasteiger partial charge in [-0.2, -0.15) is 0 Å². The lowest BCUT2D eigenvalue weighted by Gasteiger charge is -2.21. The predicted molar refractivity (Wildman–Crippen MR) is 120 cm³/mol. The Labute approximate surface area is 186 Å². The molecule has 0 aliphatic carbocycles. The van der Waals surface area contributed by atoms with Crippen molar-refractivity contribution in [2.75, 3.05) is 24.6 Å². The topological polar surface area (TPSA) is 84.1 Å². The zero-order chi connectivity index (χ0) is 23.1. The van der Waals surface area contributed by atoms with Gasteiger partial charge < -0.3 is 19.3 Å². The van der Waals surface area contributed by atoms with Crippen molar-refractivity contribution >= 4 is 28.5 Å². The number of aromatic nitrogens is 1. The van der Waals surface area contributed by atoms with Gasteiger partial charge in [0.1, 0.15) is 23.8 Å². The molecule has 9 heteroatoms. The number of rotatable bonds is 4. The first-order chi connectivity index (χ1) is 15.9. The SMILES string of the molecule is O=C(O)c1cn(-c2ccc(F)cc2)c2cc(N3CCC(N=C4C=CCO4)C3)c(F)cc2c1=O. The summed E-state index contributed by atoms with van der Waals surface area (Å²) in [5.41, 5.74) is -0.230. The molecular formula is C24H19F2N3O4. The Balaban J connectivity index is 1.62. The molecule has 7 nitrogen and oxygen atoms in total. The van der Waals surface area contributed by atoms with Gasteiger partial charge in [0.15, 0.2) is 0 Å². The Hall–Kier alpha value is -4.01. The predicted octanol–water partition coefficient (Wildman–Crippen LogP) is 3.53. The van der Waals surface area contributed by atoms with Crippen molar-refractivity contribution in [3.05, 3.63) is 82.2 Å². The first-order valence-electron chi connectivity index (χ1n) is 10.4. The maximum Gasteiger partial charge on any atom is 0.341 e. The third-order valence-corrected chi connectivity index (χ3v) is 5.81. The van der Waals surface area contributed by atoms with Gasteiger partial charge in [-0.3, -0.25) is 4.79 Å². The highest BCUT2D eigenvalue weighted by Gasteiger charge is 2.26. The molecule has 1 fully saturated rings. The Morgan fingerprint density at radius 3 is 2.67 bits per heavy atom. The van der Waals surface area contributed by atoms with Gasteiger partial charge >= 0.3 is 5.97 Å². The highest BCUT2D eigenvalue weighted by Crippen LogP contribution is 2.30. The Bertz CT molecular complexity index is 1380. The quantitative estimate of drug-likeness (QED) is 0.656. The average Bonchev–Trinajstić information content (AvgIpc) is 3.47. The Kier molecular flexibility index (Phi) is 5.16. The van der Waals surface area contributed by atoms with Crippen molar-refractivity contribution in [1.29, 1.82) is 0 Å². The van der Waals surface area contributed by atoms with E-state index in [-0.39, 0.29) is 17.1 Å². The van der Waals surface area contributed by atoms with Gasteiger partial charge in [0.2, 0.25) is 11.3 Å². The fraction of sp³-hybridized carbons (Fsp3) is 0.208. The van der Waals surface area contributed by atoms with Crippen LogP contribution in [-0.2, 0) is 4.74 Å². The summed E-state index contributed by atoms with van der Waals surface area (Å²) >= 11 is 0. The van der Waals surface area contributed by atoms with E-state index in [1.807, 2.05) is 11.0 Å². The minimum atomic E-state index is -1.42. The van der Waals surface area contributed by atoms with Crippen molar-refractivity contribution in [1.82, 2.24) is 4.57 Å². The number of carbonyl (C=O) groups is 1. The summed E-state index contributed by atoms with van der Waals surface area (Å²) < 4.78 is 35.5. The van der Waals surface area contributed by atoms with Crippen LogP contribution in [0.3, 0.4) is 0 Å². The number of ether oxygens (including phenoxy) is 1. The van der Waals surface area contributed by atoms with E-state index in [9.17, 15) is 19.1 Å². The van der Waals surface area contributed by atoms with E-state index in [2.05, 4.69) is 4.99 Å². The Morgan fingerprint density at radius 1 is 1.18 bits per heavy atom. The second-order valence-corrected chi connectivity index (χ2v) is 7.91. The molecule has 1 saturated heterocycles. The van der Waals surface area contributed by atoms with E-state index in [0.29, 0.717) is 43.2 Å². The zero-order valence-corrected chi connectivity index (χ0v) is 17.4. The standard InChI is InChI=1S/C24H19F2N3O4/c25-14-3-5-16(6-4-14)29-13-18(24(31)32)23(30)17-10-19(26)21(11-20(17)29)28-8-7-15(12-28)27-22-2-1-9-33-22/h1-6,10-11,13,15H,7-9,12H2,(H,31,32). The summed E-state index contributed by atoms with van der Waals surface area (Å²) in [6, 6.07) is 7.92. The van der Waals surface area contributed by atoms with Crippen LogP contribution in [0.2, 0.25) is 0 Å². The normalized spacial score (nSPS) is 18.9. The van der Waals surface area contributed by atoms with Gasteiger partial charge in [-0.05, 0) is 55.0 Å². The zero-order valence-electron chi connectivity index (χ0n) is 17.4. The lowest BCUT2D eigenvalue weighted by molar-refractivity contribution is 0.0695. The third-order valence-electron chi connectivity index (χ3n) is 5.81. The van der Waals surface area contributed by atoms with Gasteiger partial charge in [-0.1, -0.05) is 0 Å². The van der Waals surface area contributed by atoms with Crippen LogP contribution >= 0.6 is 0 Å². The van der Waals surface area contributed by atoms with Gasteiger partial charge in [0.05, 0.1) is 17.2 Å². The number of hydrogen-bond donors (Lipinski definition) is 1. The smallest absolute Gasteiger partial charge is 0.341 e. The van der Waals surface area contributed by atoms with Crippen LogP contribution in [0.1, 0.15) is 16.8 Å². The molecule has 1 atom stereocenters. The maximum absolute atomic E-state index is 15.1. The summed E-state index contributed by atoms with van der Waals surface area (Å²) in [4.78, 5) is 30.8. The van der Waals surface area contributed by atoms with Gasteiger partial charge in [0.25, 0.3) is 0 Å². The minimum Gasteiger partial charge on any atom is -0.477 e. The number of aliphatic imine (C=N–C) groups is 1. The lowest BCUT2D eigenvalue weighted by atomic mass is 10.1. The fourth-order valence-electron chi connectivity index (χ4n) is 4.20. The first kappa shape index (κ1) is 20.9. The maximum atomic E-state index is 15.1. The van der Waals surface area contributed by atoms with Crippen LogP contribution in [0.15, 0.2) is 64.5 Å². The second kappa shape index (κ2) is 8.16. The molecule has 5 rings (SSSR count). The van der Waals surface area contributed by atoms with E-state index in [1.54, 1.807) is 6.08 Å². The molecule has 0 spiro atoms. The second-order valence-electron chi connectivity index (χ2n) is 7.91. The molecule has 2 aromatic carbocycles. The molecule has 0 saturated carbocycles. The van der Waals surface area contributed by atoms with E-state index < -0.39 is 28.6 Å². The van der Waals surface area contributed by atoms with E-state index in [0.717, 1.165) is 6.07 Å². The molecular weight excluding hydrogens is 432 g/mol.